The lowest BCUT2D eigenvalue weighted by molar-refractivity contribution is -0.150. The van der Waals surface area contributed by atoms with Crippen LogP contribution in [-0.4, -0.2) is 58.0 Å². The van der Waals surface area contributed by atoms with E-state index in [4.69, 9.17) is 9.97 Å². The first kappa shape index (κ1) is 21.1. The molecule has 0 bridgehead atoms. The Hall–Kier alpha value is -3.74. The number of amides is 1. The molecule has 5 rings (SSSR count). The van der Waals surface area contributed by atoms with E-state index in [0.717, 1.165) is 22.2 Å². The molecule has 1 amide bonds. The number of benzene rings is 2. The van der Waals surface area contributed by atoms with Crippen molar-refractivity contribution in [3.05, 3.63) is 66.7 Å². The van der Waals surface area contributed by atoms with Crippen LogP contribution in [0.5, 0.6) is 0 Å². The molecule has 33 heavy (non-hydrogen) atoms. The summed E-state index contributed by atoms with van der Waals surface area (Å²) < 4.78 is 0. The van der Waals surface area contributed by atoms with Crippen LogP contribution in [0.25, 0.3) is 22.2 Å². The van der Waals surface area contributed by atoms with Gasteiger partial charge in [-0.2, -0.15) is 0 Å². The average molecular weight is 443 g/mol. The van der Waals surface area contributed by atoms with Gasteiger partial charge in [-0.15, -0.1) is 0 Å². The van der Waals surface area contributed by atoms with Crippen LogP contribution < -0.4 is 4.90 Å². The maximum absolute atomic E-state index is 13.1. The number of fused-ring (bicyclic) bond motifs is 1. The lowest BCUT2D eigenvalue weighted by Crippen LogP contribution is -2.52. The maximum atomic E-state index is 13.1. The highest BCUT2D eigenvalue weighted by molar-refractivity contribution is 5.93. The second-order valence-electron chi connectivity index (χ2n) is 8.56. The molecule has 1 N–H and O–H groups in total. The molecule has 2 aliphatic rings. The van der Waals surface area contributed by atoms with Crippen molar-refractivity contribution < 1.29 is 14.7 Å². The fourth-order valence-electron chi connectivity index (χ4n) is 4.74. The van der Waals surface area contributed by atoms with Crippen LogP contribution in [0.2, 0.25) is 0 Å². The normalized spacial score (nSPS) is 20.7. The zero-order chi connectivity index (χ0) is 22.8. The fourth-order valence-corrected chi connectivity index (χ4v) is 4.74. The molecule has 0 saturated carbocycles. The third-order valence-corrected chi connectivity index (χ3v) is 6.58. The van der Waals surface area contributed by atoms with Gasteiger partial charge in [0.2, 0.25) is 11.9 Å². The number of carbonyl (C=O) groups excluding carboxylic acids is 1. The third-order valence-electron chi connectivity index (χ3n) is 6.58. The lowest BCUT2D eigenvalue weighted by atomic mass is 9.82. The van der Waals surface area contributed by atoms with Crippen LogP contribution in [0.4, 0.5) is 5.95 Å². The quantitative estimate of drug-likeness (QED) is 0.621. The van der Waals surface area contributed by atoms with Crippen molar-refractivity contribution >= 4 is 28.7 Å². The highest BCUT2D eigenvalue weighted by Crippen LogP contribution is 2.30. The summed E-state index contributed by atoms with van der Waals surface area (Å²) in [5, 5.41) is 10.5. The number of aliphatic carboxylic acids is 1. The average Bonchev–Trinajstić information content (AvgIpc) is 2.88. The van der Waals surface area contributed by atoms with Gasteiger partial charge in [0.25, 0.3) is 0 Å². The zero-order valence-corrected chi connectivity index (χ0v) is 18.3. The Labute approximate surface area is 192 Å². The first-order chi connectivity index (χ1) is 16.1. The molecule has 2 atom stereocenters. The van der Waals surface area contributed by atoms with E-state index < -0.39 is 17.8 Å². The summed E-state index contributed by atoms with van der Waals surface area (Å²) in [6, 6.07) is 18.1. The monoisotopic (exact) mass is 442 g/mol. The van der Waals surface area contributed by atoms with Gasteiger partial charge < -0.3 is 14.9 Å². The number of hydrogen-bond acceptors (Lipinski definition) is 5. The molecule has 2 aromatic carbocycles. The van der Waals surface area contributed by atoms with Gasteiger partial charge in [-0.05, 0) is 18.9 Å². The third kappa shape index (κ3) is 4.18. The summed E-state index contributed by atoms with van der Waals surface area (Å²) in [5.41, 5.74) is 2.82. The first-order valence-corrected chi connectivity index (χ1v) is 11.4. The van der Waals surface area contributed by atoms with Crippen molar-refractivity contribution in [2.45, 2.75) is 12.8 Å². The van der Waals surface area contributed by atoms with E-state index in [1.807, 2.05) is 66.7 Å². The summed E-state index contributed by atoms with van der Waals surface area (Å²) in [6.07, 6.45) is 4.69. The molecule has 1 aliphatic heterocycles. The number of aromatic nitrogens is 2. The molecule has 7 heteroatoms. The van der Waals surface area contributed by atoms with Crippen molar-refractivity contribution in [1.82, 2.24) is 14.9 Å². The van der Waals surface area contributed by atoms with E-state index >= 15 is 0 Å². The molecule has 2 heterocycles. The molecule has 1 aliphatic carbocycles. The Balaban J connectivity index is 1.36. The number of allylic oxidation sites excluding steroid dienone is 2. The Morgan fingerprint density at radius 3 is 2.21 bits per heavy atom. The second kappa shape index (κ2) is 9.02. The van der Waals surface area contributed by atoms with Crippen LogP contribution in [-0.2, 0) is 9.59 Å². The van der Waals surface area contributed by atoms with E-state index in [1.54, 1.807) is 4.90 Å². The van der Waals surface area contributed by atoms with Gasteiger partial charge in [0.1, 0.15) is 0 Å². The predicted molar refractivity (Wildman–Crippen MR) is 127 cm³/mol. The fraction of sp³-hybridized carbons (Fsp3) is 0.308. The van der Waals surface area contributed by atoms with E-state index in [0.29, 0.717) is 45.0 Å². The largest absolute Gasteiger partial charge is 0.481 e. The van der Waals surface area contributed by atoms with Crippen molar-refractivity contribution in [1.29, 1.82) is 0 Å². The summed E-state index contributed by atoms with van der Waals surface area (Å²) >= 11 is 0. The number of carbonyl (C=O) groups is 2. The van der Waals surface area contributed by atoms with Crippen molar-refractivity contribution in [3.8, 4) is 11.3 Å². The molecule has 7 nitrogen and oxygen atoms in total. The first-order valence-electron chi connectivity index (χ1n) is 11.4. The lowest BCUT2D eigenvalue weighted by Gasteiger charge is -2.37. The van der Waals surface area contributed by atoms with Gasteiger partial charge >= 0.3 is 5.97 Å². The van der Waals surface area contributed by atoms with Gasteiger partial charge in [0, 0.05) is 37.1 Å². The minimum atomic E-state index is -0.894. The maximum Gasteiger partial charge on any atom is 0.307 e. The molecule has 168 valence electrons. The molecular weight excluding hydrogens is 416 g/mol. The molecule has 1 saturated heterocycles. The van der Waals surface area contributed by atoms with Crippen LogP contribution in [0.1, 0.15) is 12.8 Å². The SMILES string of the molecule is O=C(O)[C@H]1CC=CC[C@@H]1C(=O)N1CCN(c2nc(-c3ccccc3)c3ccccc3n2)CC1. The molecule has 0 spiro atoms. The molecule has 0 unspecified atom stereocenters. The van der Waals surface area contributed by atoms with Gasteiger partial charge in [-0.25, -0.2) is 9.97 Å². The van der Waals surface area contributed by atoms with Crippen LogP contribution in [0.3, 0.4) is 0 Å². The van der Waals surface area contributed by atoms with Crippen LogP contribution >= 0.6 is 0 Å². The molecule has 1 fully saturated rings. The number of anilines is 1. The predicted octanol–water partition coefficient (Wildman–Crippen LogP) is 3.61. The Bertz CT molecular complexity index is 1200. The highest BCUT2D eigenvalue weighted by Gasteiger charge is 2.37. The Kier molecular flexibility index (Phi) is 5.77. The number of carboxylic acid groups (broad SMARTS) is 1. The van der Waals surface area contributed by atoms with Crippen molar-refractivity contribution in [2.24, 2.45) is 11.8 Å². The number of piperazine rings is 1. The number of rotatable bonds is 4. The molecule has 0 radical (unpaired) electrons. The Morgan fingerprint density at radius 2 is 1.48 bits per heavy atom. The van der Waals surface area contributed by atoms with Crippen LogP contribution in [0, 0.1) is 11.8 Å². The van der Waals surface area contributed by atoms with E-state index in [2.05, 4.69) is 4.90 Å². The number of hydrogen-bond donors (Lipinski definition) is 1. The van der Waals surface area contributed by atoms with Crippen molar-refractivity contribution in [3.63, 3.8) is 0 Å². The van der Waals surface area contributed by atoms with Gasteiger partial charge in [0.05, 0.1) is 23.0 Å². The Morgan fingerprint density at radius 1 is 0.818 bits per heavy atom. The highest BCUT2D eigenvalue weighted by atomic mass is 16.4. The topological polar surface area (TPSA) is 86.6 Å². The summed E-state index contributed by atoms with van der Waals surface area (Å²) in [7, 11) is 0. The van der Waals surface area contributed by atoms with Crippen LogP contribution in [0.15, 0.2) is 66.7 Å². The summed E-state index contributed by atoms with van der Waals surface area (Å²) in [4.78, 5) is 38.3. The summed E-state index contributed by atoms with van der Waals surface area (Å²) in [6.45, 7) is 2.28. The minimum absolute atomic E-state index is 0.0594. The molecular formula is C26H26N4O3. The zero-order valence-electron chi connectivity index (χ0n) is 18.3. The number of nitrogens with zero attached hydrogens (tertiary/aromatic N) is 4. The number of para-hydroxylation sites is 1. The molecule has 3 aromatic rings. The smallest absolute Gasteiger partial charge is 0.307 e. The van der Waals surface area contributed by atoms with Gasteiger partial charge in [0.15, 0.2) is 0 Å². The minimum Gasteiger partial charge on any atom is -0.481 e. The van der Waals surface area contributed by atoms with E-state index in [-0.39, 0.29) is 5.91 Å². The molecule has 1 aromatic heterocycles. The van der Waals surface area contributed by atoms with Gasteiger partial charge in [-0.1, -0.05) is 60.7 Å². The number of carboxylic acids is 1. The standard InChI is InChI=1S/C26H26N4O3/c31-24(19-10-4-5-11-20(19)25(32)33)29-14-16-30(17-15-29)26-27-22-13-7-6-12-21(22)23(28-26)18-8-2-1-3-9-18/h1-9,12-13,19-20H,10-11,14-17H2,(H,32,33)/t19-,20-/m0/s1. The van der Waals surface area contributed by atoms with E-state index in [1.165, 1.54) is 0 Å². The summed E-state index contributed by atoms with van der Waals surface area (Å²) in [5.74, 6) is -1.42. The second-order valence-corrected chi connectivity index (χ2v) is 8.56. The van der Waals surface area contributed by atoms with E-state index in [9.17, 15) is 14.7 Å². The van der Waals surface area contributed by atoms with Crippen molar-refractivity contribution in [2.75, 3.05) is 31.1 Å². The van der Waals surface area contributed by atoms with Gasteiger partial charge in [-0.3, -0.25) is 9.59 Å².